The predicted octanol–water partition coefficient (Wildman–Crippen LogP) is 1.10. The summed E-state index contributed by atoms with van der Waals surface area (Å²) in [5, 5.41) is 1.10. The number of benzene rings is 1. The molecule has 1 fully saturated rings. The van der Waals surface area contributed by atoms with E-state index in [1.807, 2.05) is 35.8 Å². The fraction of sp³-hybridized carbons (Fsp3) is 0.450. The Balaban J connectivity index is 1.79. The van der Waals surface area contributed by atoms with E-state index < -0.39 is 6.04 Å². The van der Waals surface area contributed by atoms with Crippen molar-refractivity contribution in [1.29, 1.82) is 0 Å². The number of para-hydroxylation sites is 1. The fourth-order valence-corrected chi connectivity index (χ4v) is 3.69. The Bertz CT molecular complexity index is 886. The molecular formula is C20H26N4O3. The van der Waals surface area contributed by atoms with E-state index in [0.717, 1.165) is 16.6 Å². The number of carbonyl (C=O) groups excluding carboxylic acids is 3. The van der Waals surface area contributed by atoms with E-state index in [4.69, 9.17) is 0 Å². The number of nitrogens with zero attached hydrogens (tertiary/aromatic N) is 4. The minimum atomic E-state index is -0.627. The number of hydrogen-bond donors (Lipinski definition) is 0. The van der Waals surface area contributed by atoms with Gasteiger partial charge in [0.05, 0.1) is 6.54 Å². The summed E-state index contributed by atoms with van der Waals surface area (Å²) in [7, 11) is 3.33. The van der Waals surface area contributed by atoms with Crippen molar-refractivity contribution in [2.24, 2.45) is 0 Å². The van der Waals surface area contributed by atoms with Crippen molar-refractivity contribution in [1.82, 2.24) is 19.3 Å². The second-order valence-electron chi connectivity index (χ2n) is 7.23. The topological polar surface area (TPSA) is 65.9 Å². The number of rotatable bonds is 3. The zero-order chi connectivity index (χ0) is 19.7. The molecule has 2 aromatic rings. The lowest BCUT2D eigenvalue weighted by atomic mass is 10.1. The SMILES string of the molecule is CC(=O)N1CCN(C(=O)Cn2c(C)cc3ccccc32)CC1C(=O)N(C)C. The Morgan fingerprint density at radius 1 is 1.15 bits per heavy atom. The first-order chi connectivity index (χ1) is 12.8. The van der Waals surface area contributed by atoms with Crippen molar-refractivity contribution in [3.8, 4) is 0 Å². The first-order valence-electron chi connectivity index (χ1n) is 9.10. The van der Waals surface area contributed by atoms with Crippen LogP contribution in [0.2, 0.25) is 0 Å². The lowest BCUT2D eigenvalue weighted by molar-refractivity contribution is -0.150. The zero-order valence-electron chi connectivity index (χ0n) is 16.3. The minimum absolute atomic E-state index is 0.0424. The molecule has 1 aliphatic rings. The van der Waals surface area contributed by atoms with Crippen molar-refractivity contribution in [2.75, 3.05) is 33.7 Å². The monoisotopic (exact) mass is 370 g/mol. The molecule has 7 nitrogen and oxygen atoms in total. The van der Waals surface area contributed by atoms with E-state index in [9.17, 15) is 14.4 Å². The number of hydrogen-bond acceptors (Lipinski definition) is 3. The van der Waals surface area contributed by atoms with Gasteiger partial charge in [-0.2, -0.15) is 0 Å². The van der Waals surface area contributed by atoms with E-state index in [1.54, 1.807) is 23.9 Å². The van der Waals surface area contributed by atoms with Gasteiger partial charge in [-0.25, -0.2) is 0 Å². The maximum absolute atomic E-state index is 13.0. The Morgan fingerprint density at radius 2 is 1.85 bits per heavy atom. The first kappa shape index (κ1) is 18.9. The van der Waals surface area contributed by atoms with E-state index in [0.29, 0.717) is 13.1 Å². The standard InChI is InChI=1S/C20H26N4O3/c1-14-11-16-7-5-6-8-17(16)24(14)13-19(26)22-9-10-23(15(2)25)18(12-22)20(27)21(3)4/h5-8,11,18H,9-10,12-13H2,1-4H3. The van der Waals surface area contributed by atoms with Crippen LogP contribution in [0.4, 0.5) is 0 Å². The highest BCUT2D eigenvalue weighted by molar-refractivity contribution is 5.89. The number of aryl methyl sites for hydroxylation is 1. The number of aromatic nitrogens is 1. The molecule has 0 bridgehead atoms. The molecule has 1 aromatic carbocycles. The Labute approximate surface area is 159 Å². The number of piperazine rings is 1. The molecule has 0 radical (unpaired) electrons. The molecule has 1 saturated heterocycles. The third-order valence-electron chi connectivity index (χ3n) is 5.17. The van der Waals surface area contributed by atoms with Crippen LogP contribution < -0.4 is 0 Å². The summed E-state index contributed by atoms with van der Waals surface area (Å²) in [4.78, 5) is 42.1. The van der Waals surface area contributed by atoms with E-state index >= 15 is 0 Å². The number of fused-ring (bicyclic) bond motifs is 1. The quantitative estimate of drug-likeness (QED) is 0.813. The second kappa shape index (κ2) is 7.42. The normalized spacial score (nSPS) is 17.3. The van der Waals surface area contributed by atoms with Gasteiger partial charge in [-0.15, -0.1) is 0 Å². The first-order valence-corrected chi connectivity index (χ1v) is 9.10. The summed E-state index contributed by atoms with van der Waals surface area (Å²) < 4.78 is 2.00. The van der Waals surface area contributed by atoms with Gasteiger partial charge in [0.15, 0.2) is 0 Å². The summed E-state index contributed by atoms with van der Waals surface area (Å²) in [5.74, 6) is -0.348. The Hall–Kier alpha value is -2.83. The lowest BCUT2D eigenvalue weighted by Crippen LogP contribution is -2.61. The van der Waals surface area contributed by atoms with Gasteiger partial charge in [-0.3, -0.25) is 14.4 Å². The maximum Gasteiger partial charge on any atom is 0.246 e. The van der Waals surface area contributed by atoms with Gasteiger partial charge >= 0.3 is 0 Å². The van der Waals surface area contributed by atoms with Crippen molar-refractivity contribution < 1.29 is 14.4 Å². The predicted molar refractivity (Wildman–Crippen MR) is 103 cm³/mol. The van der Waals surface area contributed by atoms with Gasteiger partial charge in [-0.1, -0.05) is 18.2 Å². The maximum atomic E-state index is 13.0. The molecule has 1 unspecified atom stereocenters. The van der Waals surface area contributed by atoms with Crippen LogP contribution in [-0.4, -0.2) is 76.8 Å². The third kappa shape index (κ3) is 3.67. The van der Waals surface area contributed by atoms with E-state index in [2.05, 4.69) is 6.07 Å². The number of likely N-dealkylation sites (N-methyl/N-ethyl adjacent to an activating group) is 1. The molecule has 7 heteroatoms. The third-order valence-corrected chi connectivity index (χ3v) is 5.17. The number of carbonyl (C=O) groups is 3. The Kier molecular flexibility index (Phi) is 5.21. The molecule has 1 aliphatic heterocycles. The van der Waals surface area contributed by atoms with Gasteiger partial charge in [0.1, 0.15) is 12.6 Å². The van der Waals surface area contributed by atoms with Crippen molar-refractivity contribution in [2.45, 2.75) is 26.4 Å². The fourth-order valence-electron chi connectivity index (χ4n) is 3.69. The van der Waals surface area contributed by atoms with Gasteiger partial charge in [0.25, 0.3) is 0 Å². The highest BCUT2D eigenvalue weighted by Crippen LogP contribution is 2.20. The summed E-state index contributed by atoms with van der Waals surface area (Å²) in [6, 6.07) is 9.40. The van der Waals surface area contributed by atoms with Crippen molar-refractivity contribution >= 4 is 28.6 Å². The van der Waals surface area contributed by atoms with Crippen LogP contribution >= 0.6 is 0 Å². The molecule has 1 aromatic heterocycles. The lowest BCUT2D eigenvalue weighted by Gasteiger charge is -2.41. The van der Waals surface area contributed by atoms with Gasteiger partial charge in [0, 0.05) is 45.3 Å². The zero-order valence-corrected chi connectivity index (χ0v) is 16.3. The molecule has 0 N–H and O–H groups in total. The summed E-state index contributed by atoms with van der Waals surface area (Å²) in [6.45, 7) is 4.71. The average Bonchev–Trinajstić information content (AvgIpc) is 2.95. The van der Waals surface area contributed by atoms with E-state index in [-0.39, 0.29) is 30.8 Å². The molecule has 0 saturated carbocycles. The van der Waals surface area contributed by atoms with Crippen LogP contribution in [0, 0.1) is 6.92 Å². The van der Waals surface area contributed by atoms with Gasteiger partial charge in [0.2, 0.25) is 17.7 Å². The highest BCUT2D eigenvalue weighted by atomic mass is 16.2. The van der Waals surface area contributed by atoms with Crippen molar-refractivity contribution in [3.63, 3.8) is 0 Å². The molecular weight excluding hydrogens is 344 g/mol. The molecule has 3 amide bonds. The molecule has 0 aliphatic carbocycles. The van der Waals surface area contributed by atoms with E-state index in [1.165, 1.54) is 11.8 Å². The summed E-state index contributed by atoms with van der Waals surface area (Å²) >= 11 is 0. The molecule has 0 spiro atoms. The molecule has 144 valence electrons. The molecule has 27 heavy (non-hydrogen) atoms. The van der Waals surface area contributed by atoms with Crippen LogP contribution in [-0.2, 0) is 20.9 Å². The average molecular weight is 370 g/mol. The Morgan fingerprint density at radius 3 is 2.52 bits per heavy atom. The van der Waals surface area contributed by atoms with Gasteiger partial charge in [-0.05, 0) is 24.4 Å². The molecule has 2 heterocycles. The minimum Gasteiger partial charge on any atom is -0.347 e. The molecule has 1 atom stereocenters. The number of amides is 3. The second-order valence-corrected chi connectivity index (χ2v) is 7.23. The highest BCUT2D eigenvalue weighted by Gasteiger charge is 2.36. The van der Waals surface area contributed by atoms with Crippen LogP contribution in [0.25, 0.3) is 10.9 Å². The largest absolute Gasteiger partial charge is 0.347 e. The van der Waals surface area contributed by atoms with Crippen LogP contribution in [0.5, 0.6) is 0 Å². The summed E-state index contributed by atoms with van der Waals surface area (Å²) in [5.41, 5.74) is 2.04. The molecule has 3 rings (SSSR count). The summed E-state index contributed by atoms with van der Waals surface area (Å²) in [6.07, 6.45) is 0. The van der Waals surface area contributed by atoms with Crippen molar-refractivity contribution in [3.05, 3.63) is 36.0 Å². The smallest absolute Gasteiger partial charge is 0.246 e. The van der Waals surface area contributed by atoms with Gasteiger partial charge < -0.3 is 19.3 Å². The van der Waals surface area contributed by atoms with Crippen LogP contribution in [0.1, 0.15) is 12.6 Å². The van der Waals surface area contributed by atoms with Crippen LogP contribution in [0.15, 0.2) is 30.3 Å². The van der Waals surface area contributed by atoms with Crippen LogP contribution in [0.3, 0.4) is 0 Å².